The molecule has 0 bridgehead atoms. The third kappa shape index (κ3) is 2.93. The van der Waals surface area contributed by atoms with Crippen LogP contribution in [-0.2, 0) is 0 Å². The second kappa shape index (κ2) is 5.74. The summed E-state index contributed by atoms with van der Waals surface area (Å²) in [5.74, 6) is 2.36. The van der Waals surface area contributed by atoms with Gasteiger partial charge >= 0.3 is 0 Å². The minimum atomic E-state index is -0.432. The molecule has 1 N–H and O–H groups in total. The molecule has 0 aliphatic carbocycles. The van der Waals surface area contributed by atoms with Crippen molar-refractivity contribution in [3.8, 4) is 0 Å². The van der Waals surface area contributed by atoms with Crippen LogP contribution in [-0.4, -0.2) is 34.2 Å². The first-order valence-corrected chi connectivity index (χ1v) is 7.36. The Morgan fingerprint density at radius 1 is 1.59 bits per heavy atom. The smallest absolute Gasteiger partial charge is 0.0957 e. The number of nitrogens with zero attached hydrogens (tertiary/aromatic N) is 2. The summed E-state index contributed by atoms with van der Waals surface area (Å²) in [7, 11) is 0. The van der Waals surface area contributed by atoms with E-state index >= 15 is 0 Å². The zero-order valence-corrected chi connectivity index (χ0v) is 11.3. The van der Waals surface area contributed by atoms with Crippen molar-refractivity contribution in [3.05, 3.63) is 24.0 Å². The number of aliphatic hydroxyl groups is 1. The van der Waals surface area contributed by atoms with Crippen molar-refractivity contribution in [3.63, 3.8) is 0 Å². The van der Waals surface area contributed by atoms with Gasteiger partial charge in [-0.15, -0.1) is 0 Å². The van der Waals surface area contributed by atoms with Gasteiger partial charge in [0.2, 0.25) is 0 Å². The molecular formula is C13H20N2OS. The molecule has 0 saturated carbocycles. The van der Waals surface area contributed by atoms with E-state index in [0.29, 0.717) is 12.5 Å². The summed E-state index contributed by atoms with van der Waals surface area (Å²) in [4.78, 5) is 6.76. The maximum Gasteiger partial charge on any atom is 0.0957 e. The highest BCUT2D eigenvalue weighted by molar-refractivity contribution is 7.99. The Hall–Kier alpha value is -0.740. The second-order valence-electron chi connectivity index (χ2n) is 4.48. The lowest BCUT2D eigenvalue weighted by molar-refractivity contribution is 0.169. The number of aliphatic hydroxyl groups excluding tert-OH is 1. The highest BCUT2D eigenvalue weighted by Gasteiger charge is 2.19. The van der Waals surface area contributed by atoms with Crippen LogP contribution in [0.15, 0.2) is 18.3 Å². The second-order valence-corrected chi connectivity index (χ2v) is 5.63. The van der Waals surface area contributed by atoms with Crippen molar-refractivity contribution in [1.82, 2.24) is 4.98 Å². The van der Waals surface area contributed by atoms with Gasteiger partial charge in [0.05, 0.1) is 23.7 Å². The van der Waals surface area contributed by atoms with E-state index in [1.54, 1.807) is 0 Å². The Labute approximate surface area is 107 Å². The molecular weight excluding hydrogens is 232 g/mol. The highest BCUT2D eigenvalue weighted by atomic mass is 32.2. The lowest BCUT2D eigenvalue weighted by atomic mass is 10.1. The third-order valence-corrected chi connectivity index (χ3v) is 4.39. The lowest BCUT2D eigenvalue weighted by Gasteiger charge is -2.34. The summed E-state index contributed by atoms with van der Waals surface area (Å²) in [6, 6.07) is 4.59. The van der Waals surface area contributed by atoms with Crippen molar-refractivity contribution in [2.75, 3.05) is 23.0 Å². The largest absolute Gasteiger partial charge is 0.387 e. The van der Waals surface area contributed by atoms with Crippen LogP contribution >= 0.6 is 11.8 Å². The van der Waals surface area contributed by atoms with Crippen LogP contribution in [0.2, 0.25) is 0 Å². The predicted octanol–water partition coefficient (Wildman–Crippen LogP) is 2.47. The van der Waals surface area contributed by atoms with Crippen LogP contribution in [0.25, 0.3) is 0 Å². The minimum absolute atomic E-state index is 0.432. The summed E-state index contributed by atoms with van der Waals surface area (Å²) in [6.45, 7) is 5.30. The number of hydrogen-bond acceptors (Lipinski definition) is 4. The quantitative estimate of drug-likeness (QED) is 0.896. The molecule has 1 unspecified atom stereocenters. The molecule has 0 radical (unpaired) electrons. The van der Waals surface area contributed by atoms with Gasteiger partial charge in [0.15, 0.2) is 0 Å². The fraction of sp³-hybridized carbons (Fsp3) is 0.615. The van der Waals surface area contributed by atoms with Crippen LogP contribution in [0, 0.1) is 0 Å². The molecule has 1 aliphatic heterocycles. The van der Waals surface area contributed by atoms with Gasteiger partial charge in [-0.05, 0) is 25.5 Å². The summed E-state index contributed by atoms with van der Waals surface area (Å²) in [5, 5.41) is 9.70. The Morgan fingerprint density at radius 3 is 3.00 bits per heavy atom. The molecule has 2 heterocycles. The van der Waals surface area contributed by atoms with Crippen LogP contribution < -0.4 is 4.90 Å². The third-order valence-electron chi connectivity index (χ3n) is 3.20. The Bertz CT molecular complexity index is 355. The van der Waals surface area contributed by atoms with Crippen molar-refractivity contribution in [2.24, 2.45) is 0 Å². The van der Waals surface area contributed by atoms with Crippen LogP contribution in [0.4, 0.5) is 5.69 Å². The van der Waals surface area contributed by atoms with E-state index in [1.807, 2.05) is 30.9 Å². The van der Waals surface area contributed by atoms with Gasteiger partial charge in [0.25, 0.3) is 0 Å². The highest BCUT2D eigenvalue weighted by Crippen LogP contribution is 2.24. The van der Waals surface area contributed by atoms with E-state index in [2.05, 4.69) is 22.9 Å². The van der Waals surface area contributed by atoms with Gasteiger partial charge < -0.3 is 10.0 Å². The Balaban J connectivity index is 2.11. The first-order valence-electron chi connectivity index (χ1n) is 6.20. The number of thioether (sulfide) groups is 1. The molecule has 0 amide bonds. The first kappa shape index (κ1) is 12.7. The van der Waals surface area contributed by atoms with Crippen LogP contribution in [0.3, 0.4) is 0 Å². The first-order chi connectivity index (χ1) is 8.22. The molecule has 0 spiro atoms. The number of aromatic nitrogens is 1. The van der Waals surface area contributed by atoms with Gasteiger partial charge in [0.1, 0.15) is 0 Å². The fourth-order valence-corrected chi connectivity index (χ4v) is 3.10. The van der Waals surface area contributed by atoms with Crippen LogP contribution in [0.5, 0.6) is 0 Å². The number of anilines is 1. The molecule has 3 nitrogen and oxygen atoms in total. The van der Waals surface area contributed by atoms with Crippen molar-refractivity contribution < 1.29 is 5.11 Å². The standard InChI is InChI=1S/C13H20N2OS/c1-3-13(16)12-5-4-11(8-14-12)15-6-7-17-9-10(15)2/h4-5,8,10,13,16H,3,6-7,9H2,1-2H3/t10?,13-/m1/s1. The van der Waals surface area contributed by atoms with Crippen molar-refractivity contribution in [1.29, 1.82) is 0 Å². The molecule has 1 fully saturated rings. The molecule has 2 rings (SSSR count). The molecule has 1 saturated heterocycles. The topological polar surface area (TPSA) is 36.4 Å². The maximum absolute atomic E-state index is 9.70. The molecule has 1 aromatic rings. The maximum atomic E-state index is 9.70. The van der Waals surface area contributed by atoms with Crippen molar-refractivity contribution in [2.45, 2.75) is 32.4 Å². The lowest BCUT2D eigenvalue weighted by Crippen LogP contribution is -2.40. The van der Waals surface area contributed by atoms with E-state index in [4.69, 9.17) is 0 Å². The minimum Gasteiger partial charge on any atom is -0.387 e. The van der Waals surface area contributed by atoms with Gasteiger partial charge in [-0.1, -0.05) is 6.92 Å². The Morgan fingerprint density at radius 2 is 2.41 bits per heavy atom. The van der Waals surface area contributed by atoms with Gasteiger partial charge in [-0.3, -0.25) is 4.98 Å². The zero-order valence-electron chi connectivity index (χ0n) is 10.5. The molecule has 1 aromatic heterocycles. The number of rotatable bonds is 3. The van der Waals surface area contributed by atoms with E-state index in [9.17, 15) is 5.11 Å². The van der Waals surface area contributed by atoms with Gasteiger partial charge in [-0.25, -0.2) is 0 Å². The van der Waals surface area contributed by atoms with E-state index in [0.717, 1.165) is 12.2 Å². The zero-order chi connectivity index (χ0) is 12.3. The monoisotopic (exact) mass is 252 g/mol. The SMILES string of the molecule is CC[C@@H](O)c1ccc(N2CCSCC2C)cn1. The Kier molecular flexibility index (Phi) is 4.29. The van der Waals surface area contributed by atoms with E-state index in [1.165, 1.54) is 17.2 Å². The van der Waals surface area contributed by atoms with Crippen LogP contribution in [0.1, 0.15) is 32.1 Å². The summed E-state index contributed by atoms with van der Waals surface area (Å²) in [5.41, 5.74) is 1.94. The summed E-state index contributed by atoms with van der Waals surface area (Å²) < 4.78 is 0. The summed E-state index contributed by atoms with van der Waals surface area (Å²) in [6.07, 6.45) is 2.17. The fourth-order valence-electron chi connectivity index (χ4n) is 2.08. The summed E-state index contributed by atoms with van der Waals surface area (Å²) >= 11 is 2.01. The van der Waals surface area contributed by atoms with Gasteiger partial charge in [-0.2, -0.15) is 11.8 Å². The molecule has 1 aliphatic rings. The molecule has 4 heteroatoms. The predicted molar refractivity (Wildman–Crippen MR) is 73.6 cm³/mol. The average Bonchev–Trinajstić information content (AvgIpc) is 2.39. The van der Waals surface area contributed by atoms with Gasteiger partial charge in [0, 0.05) is 24.1 Å². The normalized spacial score (nSPS) is 22.5. The molecule has 0 aromatic carbocycles. The van der Waals surface area contributed by atoms with E-state index in [-0.39, 0.29) is 0 Å². The molecule has 2 atom stereocenters. The van der Waals surface area contributed by atoms with E-state index < -0.39 is 6.10 Å². The number of hydrogen-bond donors (Lipinski definition) is 1. The molecule has 94 valence electrons. The molecule has 17 heavy (non-hydrogen) atoms. The average molecular weight is 252 g/mol. The number of pyridine rings is 1. The van der Waals surface area contributed by atoms with Crippen molar-refractivity contribution >= 4 is 17.4 Å².